The minimum atomic E-state index is -0.575. The number of aromatic nitrogens is 3. The van der Waals surface area contributed by atoms with E-state index in [9.17, 15) is 14.4 Å². The minimum Gasteiger partial charge on any atom is -0.493 e. The number of amides is 3. The quantitative estimate of drug-likeness (QED) is 0.0901. The average Bonchev–Trinajstić information content (AvgIpc) is 3.63. The van der Waals surface area contributed by atoms with Gasteiger partial charge in [0.1, 0.15) is 22.8 Å². The fourth-order valence-corrected chi connectivity index (χ4v) is 7.31. The van der Waals surface area contributed by atoms with Gasteiger partial charge in [0.05, 0.1) is 51.1 Å². The van der Waals surface area contributed by atoms with E-state index >= 15 is 0 Å². The molecule has 1 fully saturated rings. The van der Waals surface area contributed by atoms with Gasteiger partial charge in [0.25, 0.3) is 11.8 Å². The molecule has 1 aliphatic rings. The van der Waals surface area contributed by atoms with Gasteiger partial charge in [-0.15, -0.1) is 0 Å². The van der Waals surface area contributed by atoms with Crippen molar-refractivity contribution in [3.8, 4) is 22.9 Å². The first-order valence-electron chi connectivity index (χ1n) is 17.9. The Morgan fingerprint density at radius 2 is 1.69 bits per heavy atom. The molecular formula is C40H42Cl3N7O5. The topological polar surface area (TPSA) is 133 Å². The summed E-state index contributed by atoms with van der Waals surface area (Å²) in [5, 5.41) is 2.34. The first kappa shape index (κ1) is 39.8. The number of carbonyl (C=O) groups excluding carboxylic acids is 3. The Morgan fingerprint density at radius 1 is 0.945 bits per heavy atom. The van der Waals surface area contributed by atoms with Crippen LogP contribution in [-0.2, 0) is 4.79 Å². The molecular weight excluding hydrogens is 765 g/mol. The van der Waals surface area contributed by atoms with Crippen LogP contribution in [0.2, 0.25) is 15.1 Å². The Labute approximate surface area is 334 Å². The number of aromatic amines is 1. The number of aryl methyl sites for hydroxylation is 1. The molecule has 2 aromatic heterocycles. The lowest BCUT2D eigenvalue weighted by atomic mass is 10.1. The number of para-hydroxylation sites is 1. The number of halogens is 3. The summed E-state index contributed by atoms with van der Waals surface area (Å²) in [6.07, 6.45) is 6.16. The summed E-state index contributed by atoms with van der Waals surface area (Å²) in [5.41, 5.74) is 3.44. The summed E-state index contributed by atoms with van der Waals surface area (Å²) in [6.45, 7) is 5.68. The Kier molecular flexibility index (Phi) is 12.8. The molecule has 0 spiro atoms. The summed E-state index contributed by atoms with van der Waals surface area (Å²) in [7, 11) is 5.00. The van der Waals surface area contributed by atoms with Gasteiger partial charge in [-0.05, 0) is 75.2 Å². The van der Waals surface area contributed by atoms with Crippen LogP contribution in [0.15, 0.2) is 60.9 Å². The highest BCUT2D eigenvalue weighted by molar-refractivity contribution is 6.49. The first-order chi connectivity index (χ1) is 26.5. The lowest BCUT2D eigenvalue weighted by Crippen LogP contribution is -2.47. The maximum absolute atomic E-state index is 14.1. The first-order valence-corrected chi connectivity index (χ1v) is 19.0. The molecule has 0 atom stereocenters. The van der Waals surface area contributed by atoms with Gasteiger partial charge < -0.3 is 34.5 Å². The van der Waals surface area contributed by atoms with Crippen molar-refractivity contribution < 1.29 is 23.9 Å². The molecule has 0 radical (unpaired) electrons. The number of hydrogen-bond acceptors (Lipinski definition) is 8. The predicted octanol–water partition coefficient (Wildman–Crippen LogP) is 8.14. The third kappa shape index (κ3) is 8.83. The lowest BCUT2D eigenvalue weighted by molar-refractivity contribution is -0.132. The largest absolute Gasteiger partial charge is 0.493 e. The highest BCUT2D eigenvalue weighted by Gasteiger charge is 2.31. The highest BCUT2D eigenvalue weighted by atomic mass is 35.5. The number of hydrogen-bond donors (Lipinski definition) is 2. The number of imidazole rings is 1. The van der Waals surface area contributed by atoms with E-state index in [0.29, 0.717) is 41.3 Å². The number of anilines is 2. The van der Waals surface area contributed by atoms with Crippen LogP contribution in [0.5, 0.6) is 11.5 Å². The number of piperazine rings is 1. The van der Waals surface area contributed by atoms with Crippen LogP contribution in [0.4, 0.5) is 11.4 Å². The fraction of sp³-hybridized carbons (Fsp3) is 0.325. The second-order valence-corrected chi connectivity index (χ2v) is 14.5. The van der Waals surface area contributed by atoms with Gasteiger partial charge in [-0.25, -0.2) is 4.98 Å². The van der Waals surface area contributed by atoms with E-state index in [2.05, 4.69) is 32.2 Å². The number of ether oxygens (including phenoxy) is 2. The summed E-state index contributed by atoms with van der Waals surface area (Å²) < 4.78 is 11.8. The summed E-state index contributed by atoms with van der Waals surface area (Å²) in [6, 6.07) is 14.3. The van der Waals surface area contributed by atoms with Gasteiger partial charge in [-0.1, -0.05) is 46.9 Å². The molecule has 288 valence electrons. The number of pyridine rings is 1. The lowest BCUT2D eigenvalue weighted by Gasteiger charge is -2.32. The third-order valence-electron chi connectivity index (χ3n) is 9.58. The zero-order chi connectivity index (χ0) is 39.2. The molecule has 0 unspecified atom stereocenters. The number of nitrogens with one attached hydrogen (secondary N) is 2. The zero-order valence-corrected chi connectivity index (χ0v) is 33.3. The van der Waals surface area contributed by atoms with Crippen LogP contribution in [0.1, 0.15) is 52.0 Å². The molecule has 1 saturated heterocycles. The van der Waals surface area contributed by atoms with Crippen molar-refractivity contribution in [3.63, 3.8) is 0 Å². The van der Waals surface area contributed by atoms with Crippen LogP contribution in [0.25, 0.3) is 22.4 Å². The van der Waals surface area contributed by atoms with Crippen molar-refractivity contribution in [2.75, 3.05) is 64.2 Å². The molecule has 3 heterocycles. The molecule has 6 rings (SSSR count). The average molecular weight is 807 g/mol. The fourth-order valence-electron chi connectivity index (χ4n) is 6.41. The maximum Gasteiger partial charge on any atom is 0.261 e. The Bertz CT molecular complexity index is 2210. The molecule has 12 nitrogen and oxygen atoms in total. The molecule has 3 amide bonds. The number of rotatable bonds is 13. The molecule has 3 aromatic carbocycles. The van der Waals surface area contributed by atoms with E-state index in [1.54, 1.807) is 37.6 Å². The summed E-state index contributed by atoms with van der Waals surface area (Å²) in [4.78, 5) is 58.0. The van der Waals surface area contributed by atoms with Gasteiger partial charge in [0.15, 0.2) is 5.75 Å². The van der Waals surface area contributed by atoms with Crippen LogP contribution in [0, 0.1) is 6.92 Å². The van der Waals surface area contributed by atoms with Crippen LogP contribution >= 0.6 is 34.8 Å². The number of benzene rings is 3. The molecule has 0 bridgehead atoms. The van der Waals surface area contributed by atoms with Crippen LogP contribution < -0.4 is 19.7 Å². The smallest absolute Gasteiger partial charge is 0.261 e. The number of nitrogens with zero attached hydrogens (tertiary/aromatic N) is 5. The van der Waals surface area contributed by atoms with E-state index in [0.717, 1.165) is 56.6 Å². The van der Waals surface area contributed by atoms with E-state index in [-0.39, 0.29) is 43.5 Å². The second-order valence-electron chi connectivity index (χ2n) is 13.4. The summed E-state index contributed by atoms with van der Waals surface area (Å²) in [5.74, 6) is 0.0945. The number of fused-ring (bicyclic) bond motifs is 1. The number of unbranched alkanes of at least 4 members (excludes halogenated alkanes) is 2. The summed E-state index contributed by atoms with van der Waals surface area (Å²) >= 11 is 20.4. The third-order valence-corrected chi connectivity index (χ3v) is 10.8. The monoisotopic (exact) mass is 805 g/mol. The van der Waals surface area contributed by atoms with Crippen molar-refractivity contribution in [3.05, 3.63) is 92.7 Å². The van der Waals surface area contributed by atoms with Crippen molar-refractivity contribution in [2.24, 2.45) is 0 Å². The highest BCUT2D eigenvalue weighted by Crippen LogP contribution is 2.47. The number of carbonyl (C=O) groups is 3. The van der Waals surface area contributed by atoms with E-state index in [4.69, 9.17) is 44.3 Å². The Morgan fingerprint density at radius 3 is 2.42 bits per heavy atom. The van der Waals surface area contributed by atoms with Crippen LogP contribution in [0.3, 0.4) is 0 Å². The SMILES string of the molecule is COc1c(Cl)c(C(=O)N(C)c2ccc(C)cc2OCCCCCC(=O)N2CCN(C)CC2)c(Cl)c(Cl)c1NC(=O)c1cccc2[nH]c(-c3ccncc3)nc12. The van der Waals surface area contributed by atoms with Crippen molar-refractivity contribution in [2.45, 2.75) is 32.6 Å². The standard InChI is InChI=1S/C40H42Cl3N7O5/c1-24-12-13-28(29(23-24)55-22-7-5-6-11-30(51)50-20-18-48(2)19-21-50)49(3)40(53)31-32(41)34(43)36(37(54-4)33(31)42)47-39(52)26-9-8-10-27-35(26)46-38(45-27)25-14-16-44-17-15-25/h8-10,12-17,23H,5-7,11,18-22H2,1-4H3,(H,45,46)(H,47,52). The number of H-pyrrole nitrogens is 1. The van der Waals surface area contributed by atoms with Gasteiger partial charge >= 0.3 is 0 Å². The Balaban J connectivity index is 1.16. The molecule has 2 N–H and O–H groups in total. The van der Waals surface area contributed by atoms with Crippen molar-refractivity contribution in [1.82, 2.24) is 24.8 Å². The van der Waals surface area contributed by atoms with E-state index < -0.39 is 11.8 Å². The normalized spacial score (nSPS) is 13.2. The molecule has 15 heteroatoms. The minimum absolute atomic E-state index is 0.00476. The molecule has 55 heavy (non-hydrogen) atoms. The second kappa shape index (κ2) is 17.7. The van der Waals surface area contributed by atoms with Crippen molar-refractivity contribution in [1.29, 1.82) is 0 Å². The zero-order valence-electron chi connectivity index (χ0n) is 31.0. The molecule has 0 saturated carbocycles. The van der Waals surface area contributed by atoms with Crippen molar-refractivity contribution >= 4 is 74.9 Å². The van der Waals surface area contributed by atoms with Gasteiger partial charge in [-0.2, -0.15) is 0 Å². The van der Waals surface area contributed by atoms with Gasteiger partial charge in [0.2, 0.25) is 5.91 Å². The molecule has 5 aromatic rings. The predicted molar refractivity (Wildman–Crippen MR) is 217 cm³/mol. The maximum atomic E-state index is 14.1. The van der Waals surface area contributed by atoms with Gasteiger partial charge in [-0.3, -0.25) is 19.4 Å². The van der Waals surface area contributed by atoms with E-state index in [1.165, 1.54) is 12.0 Å². The van der Waals surface area contributed by atoms with Crippen LogP contribution in [-0.4, -0.2) is 96.5 Å². The van der Waals surface area contributed by atoms with E-state index in [1.807, 2.05) is 42.2 Å². The molecule has 1 aliphatic heterocycles. The number of likely N-dealkylation sites (N-methyl/N-ethyl adjacent to an activating group) is 1. The number of methoxy groups -OCH3 is 1. The Hall–Kier alpha value is -4.88. The van der Waals surface area contributed by atoms with Gasteiger partial charge in [0, 0.05) is 57.6 Å². The molecule has 0 aliphatic carbocycles.